The van der Waals surface area contributed by atoms with Crippen molar-refractivity contribution >= 4 is 55.9 Å². The fourth-order valence-corrected chi connectivity index (χ4v) is 4.93. The number of halogens is 2. The summed E-state index contributed by atoms with van der Waals surface area (Å²) in [6, 6.07) is 10.5. The molecule has 0 saturated heterocycles. The molecule has 0 saturated carbocycles. The highest BCUT2D eigenvalue weighted by molar-refractivity contribution is 7.86. The molecule has 0 atom stereocenters. The highest BCUT2D eigenvalue weighted by Gasteiger charge is 2.25. The Morgan fingerprint density at radius 3 is 2.19 bits per heavy atom. The van der Waals surface area contributed by atoms with E-state index < -0.39 is 36.3 Å². The summed E-state index contributed by atoms with van der Waals surface area (Å²) in [7, 11) is -3.39. The molecule has 0 N–H and O–H groups in total. The predicted octanol–water partition coefficient (Wildman–Crippen LogP) is 8.52. The van der Waals surface area contributed by atoms with Gasteiger partial charge in [0.15, 0.2) is 5.69 Å². The molecule has 3 aromatic rings. The molecule has 15 heteroatoms. The maximum atomic E-state index is 13.5. The van der Waals surface area contributed by atoms with Gasteiger partial charge >= 0.3 is 15.9 Å². The molecule has 0 aliphatic carbocycles. The van der Waals surface area contributed by atoms with Crippen LogP contribution in [-0.2, 0) is 16.6 Å². The molecular formula is C27H29ClFN5O7S. The molecule has 0 heterocycles. The van der Waals surface area contributed by atoms with Crippen LogP contribution in [0.4, 0.5) is 38.0 Å². The average Bonchev–Trinajstić information content (AvgIpc) is 2.95. The maximum absolute atomic E-state index is 13.5. The minimum Gasteiger partial charge on any atom is -0.494 e. The Morgan fingerprint density at radius 1 is 0.976 bits per heavy atom. The fraction of sp³-hybridized carbons (Fsp3) is 0.333. The minimum absolute atomic E-state index is 0.291. The topological polar surface area (TPSA) is 158 Å². The number of benzene rings is 3. The fourth-order valence-electron chi connectivity index (χ4n) is 4.22. The van der Waals surface area contributed by atoms with Gasteiger partial charge in [0.25, 0.3) is 5.69 Å². The van der Waals surface area contributed by atoms with E-state index >= 15 is 0 Å². The molecule has 0 aliphatic rings. The van der Waals surface area contributed by atoms with Gasteiger partial charge in [0.1, 0.15) is 5.75 Å². The molecule has 224 valence electrons. The molecule has 3 rings (SSSR count). The quantitative estimate of drug-likeness (QED) is 0.0749. The second-order valence-electron chi connectivity index (χ2n) is 9.21. The van der Waals surface area contributed by atoms with Crippen LogP contribution in [0.2, 0.25) is 5.02 Å². The number of nitrogens with zero attached hydrogens (tertiary/aromatic N) is 5. The zero-order valence-electron chi connectivity index (χ0n) is 23.1. The van der Waals surface area contributed by atoms with Crippen molar-refractivity contribution in [2.45, 2.75) is 50.8 Å². The van der Waals surface area contributed by atoms with Gasteiger partial charge in [0.2, 0.25) is 0 Å². The lowest BCUT2D eigenvalue weighted by atomic mass is 10.0. The first-order valence-electron chi connectivity index (χ1n) is 13.0. The minimum atomic E-state index is -4.86. The molecule has 0 bridgehead atoms. The van der Waals surface area contributed by atoms with Crippen molar-refractivity contribution in [3.8, 4) is 5.75 Å². The summed E-state index contributed by atoms with van der Waals surface area (Å²) in [5, 5.41) is 30.6. The third-order valence-electron chi connectivity index (χ3n) is 6.29. The third kappa shape index (κ3) is 7.76. The highest BCUT2D eigenvalue weighted by Crippen LogP contribution is 2.43. The molecule has 0 radical (unpaired) electrons. The van der Waals surface area contributed by atoms with Crippen molar-refractivity contribution in [3.63, 3.8) is 0 Å². The number of aryl methyl sites for hydroxylation is 1. The molecule has 0 aliphatic heterocycles. The Balaban J connectivity index is 2.17. The van der Waals surface area contributed by atoms with Crippen LogP contribution >= 0.6 is 11.6 Å². The van der Waals surface area contributed by atoms with E-state index in [0.29, 0.717) is 35.8 Å². The van der Waals surface area contributed by atoms with Crippen LogP contribution in [0.15, 0.2) is 63.7 Å². The van der Waals surface area contributed by atoms with Gasteiger partial charge in [-0.25, -0.2) is 0 Å². The van der Waals surface area contributed by atoms with Crippen molar-refractivity contribution in [1.29, 1.82) is 0 Å². The van der Waals surface area contributed by atoms with Crippen LogP contribution in [0, 0.1) is 20.2 Å². The van der Waals surface area contributed by atoms with Gasteiger partial charge in [-0.3, -0.25) is 20.2 Å². The van der Waals surface area contributed by atoms with Gasteiger partial charge in [-0.2, -0.15) is 13.5 Å². The number of nitro benzene ring substituents is 2. The molecule has 0 fully saturated rings. The van der Waals surface area contributed by atoms with Crippen molar-refractivity contribution in [1.82, 2.24) is 0 Å². The monoisotopic (exact) mass is 621 g/mol. The Bertz CT molecular complexity index is 1600. The van der Waals surface area contributed by atoms with Crippen LogP contribution in [0.5, 0.6) is 5.75 Å². The lowest BCUT2D eigenvalue weighted by Crippen LogP contribution is -2.21. The highest BCUT2D eigenvalue weighted by atomic mass is 35.5. The number of methoxy groups -OCH3 is 1. The van der Waals surface area contributed by atoms with E-state index in [2.05, 4.69) is 10.2 Å². The van der Waals surface area contributed by atoms with Gasteiger partial charge < -0.3 is 9.64 Å². The average molecular weight is 622 g/mol. The number of non-ortho nitro benzene ring substituents is 1. The predicted molar refractivity (Wildman–Crippen MR) is 157 cm³/mol. The number of unbranched alkanes of at least 4 members (excludes halogenated alkanes) is 2. The van der Waals surface area contributed by atoms with E-state index in [1.165, 1.54) is 31.4 Å². The van der Waals surface area contributed by atoms with E-state index in [9.17, 15) is 32.5 Å². The lowest BCUT2D eigenvalue weighted by molar-refractivity contribution is -0.393. The normalized spacial score (nSPS) is 11.5. The first kappa shape index (κ1) is 32.3. The van der Waals surface area contributed by atoms with Crippen LogP contribution in [0.1, 0.15) is 45.1 Å². The Morgan fingerprint density at radius 2 is 1.64 bits per heavy atom. The molecule has 0 aromatic heterocycles. The molecule has 0 spiro atoms. The van der Waals surface area contributed by atoms with E-state index in [-0.39, 0.29) is 10.7 Å². The van der Waals surface area contributed by atoms with E-state index in [4.69, 9.17) is 16.3 Å². The van der Waals surface area contributed by atoms with Crippen molar-refractivity contribution in [2.75, 3.05) is 18.6 Å². The summed E-state index contributed by atoms with van der Waals surface area (Å²) >= 11 is 6.11. The number of anilines is 2. The van der Waals surface area contributed by atoms with Crippen molar-refractivity contribution in [2.24, 2.45) is 10.2 Å². The van der Waals surface area contributed by atoms with Crippen LogP contribution in [0.25, 0.3) is 0 Å². The van der Waals surface area contributed by atoms with Crippen LogP contribution < -0.4 is 9.64 Å². The van der Waals surface area contributed by atoms with Gasteiger partial charge in [0.05, 0.1) is 44.3 Å². The van der Waals surface area contributed by atoms with Crippen LogP contribution in [0.3, 0.4) is 0 Å². The molecular weight excluding hydrogens is 593 g/mol. The molecule has 12 nitrogen and oxygen atoms in total. The summed E-state index contributed by atoms with van der Waals surface area (Å²) in [6.07, 6.45) is 3.92. The smallest absolute Gasteiger partial charge is 0.332 e. The van der Waals surface area contributed by atoms with Crippen molar-refractivity contribution in [3.05, 3.63) is 79.3 Å². The Hall–Kier alpha value is -4.17. The summed E-state index contributed by atoms with van der Waals surface area (Å²) in [4.78, 5) is 22.6. The molecule has 0 amide bonds. The Kier molecular flexibility index (Phi) is 10.9. The molecule has 42 heavy (non-hydrogen) atoms. The largest absolute Gasteiger partial charge is 0.494 e. The Labute approximate surface area is 247 Å². The SMILES string of the molecule is CCCCc1cc(N=Nc2c(Cl)cc([N+](=O)[O-])cc2[N+](=O)[O-])cc(OC)c1N(CCCC)c1ccc(S(=O)(=O)F)cc1. The lowest BCUT2D eigenvalue weighted by Gasteiger charge is -2.29. The zero-order chi connectivity index (χ0) is 31.0. The molecule has 3 aromatic carbocycles. The summed E-state index contributed by atoms with van der Waals surface area (Å²) in [5.41, 5.74) is 0.869. The first-order chi connectivity index (χ1) is 19.9. The maximum Gasteiger partial charge on any atom is 0.332 e. The second-order valence-corrected chi connectivity index (χ2v) is 11.0. The summed E-state index contributed by atoms with van der Waals surface area (Å²) in [6.45, 7) is 4.60. The van der Waals surface area contributed by atoms with E-state index in [1.807, 2.05) is 18.7 Å². The summed E-state index contributed by atoms with van der Waals surface area (Å²) in [5.74, 6) is 0.403. The first-order valence-corrected chi connectivity index (χ1v) is 14.7. The number of hydrogen-bond donors (Lipinski definition) is 0. The number of nitro groups is 2. The van der Waals surface area contributed by atoms with Crippen LogP contribution in [-0.4, -0.2) is 31.9 Å². The molecule has 0 unspecified atom stereocenters. The number of hydrogen-bond acceptors (Lipinski definition) is 10. The second kappa shape index (κ2) is 14.1. The summed E-state index contributed by atoms with van der Waals surface area (Å²) < 4.78 is 42.0. The third-order valence-corrected chi connectivity index (χ3v) is 7.42. The van der Waals surface area contributed by atoms with Gasteiger partial charge in [-0.15, -0.1) is 9.00 Å². The van der Waals surface area contributed by atoms with Gasteiger partial charge in [-0.1, -0.05) is 38.3 Å². The van der Waals surface area contributed by atoms with Crippen molar-refractivity contribution < 1.29 is 26.9 Å². The van der Waals surface area contributed by atoms with E-state index in [1.54, 1.807) is 12.1 Å². The van der Waals surface area contributed by atoms with Gasteiger partial charge in [0, 0.05) is 24.4 Å². The standard InChI is InChI=1S/C27H29ClFN5O7S/c1-4-6-8-18-14-19(30-31-26-23(28)16-21(33(35)36)17-24(26)34(37)38)15-25(41-3)27(18)32(13-7-5-2)20-9-11-22(12-10-20)42(29,39)40/h9-12,14-17H,4-8,13H2,1-3H3. The number of rotatable bonds is 14. The number of ether oxygens (including phenoxy) is 1. The number of azo groups is 1. The van der Waals surface area contributed by atoms with Gasteiger partial charge in [-0.05, 0) is 55.2 Å². The van der Waals surface area contributed by atoms with E-state index in [0.717, 1.165) is 43.4 Å². The zero-order valence-corrected chi connectivity index (χ0v) is 24.7.